The standard InChI is InChI=1S/C29H32/c1-20(16-24-8-6-5-7-9-24)10-12-25-14-15-28(23(25)4)29-19-27(18-22(29)3)26-13-11-21(2)17-26/h5-9,13-15,17-18,23H,1,10-12,16,19H2,2-4H3. The molecule has 3 aliphatic carbocycles. The minimum absolute atomic E-state index is 0.520. The molecule has 0 aliphatic heterocycles. The molecule has 0 heteroatoms. The molecule has 1 unspecified atom stereocenters. The molecule has 0 aromatic heterocycles. The van der Waals surface area contributed by atoms with Gasteiger partial charge in [-0.2, -0.15) is 0 Å². The van der Waals surface area contributed by atoms with Crippen LogP contribution in [0.25, 0.3) is 0 Å². The first-order chi connectivity index (χ1) is 14.0. The molecular formula is C29H32. The molecule has 1 aromatic carbocycles. The van der Waals surface area contributed by atoms with Crippen LogP contribution in [0.5, 0.6) is 0 Å². The van der Waals surface area contributed by atoms with Crippen molar-refractivity contribution in [2.24, 2.45) is 5.92 Å². The van der Waals surface area contributed by atoms with Crippen molar-refractivity contribution in [1.82, 2.24) is 0 Å². The van der Waals surface area contributed by atoms with Gasteiger partial charge in [-0.3, -0.25) is 0 Å². The van der Waals surface area contributed by atoms with Gasteiger partial charge in [0.25, 0.3) is 0 Å². The van der Waals surface area contributed by atoms with Crippen molar-refractivity contribution in [3.8, 4) is 0 Å². The summed E-state index contributed by atoms with van der Waals surface area (Å²) in [6.45, 7) is 11.2. The van der Waals surface area contributed by atoms with E-state index in [4.69, 9.17) is 0 Å². The maximum atomic E-state index is 4.33. The minimum atomic E-state index is 0.520. The maximum Gasteiger partial charge on any atom is 0.00259 e. The average Bonchev–Trinajstić information content (AvgIpc) is 3.40. The van der Waals surface area contributed by atoms with E-state index in [1.54, 1.807) is 11.1 Å². The van der Waals surface area contributed by atoms with E-state index in [1.165, 1.54) is 39.0 Å². The molecule has 0 nitrogen and oxygen atoms in total. The first-order valence-electron chi connectivity index (χ1n) is 10.9. The van der Waals surface area contributed by atoms with Crippen molar-refractivity contribution in [2.45, 2.75) is 52.9 Å². The fraction of sp³-hybridized carbons (Fsp3) is 0.310. The molecule has 0 radical (unpaired) electrons. The third kappa shape index (κ3) is 4.37. The second-order valence-electron chi connectivity index (χ2n) is 8.86. The Hall–Kier alpha value is -2.60. The molecule has 148 valence electrons. The van der Waals surface area contributed by atoms with Crippen molar-refractivity contribution in [1.29, 1.82) is 0 Å². The van der Waals surface area contributed by atoms with Crippen LogP contribution in [0.2, 0.25) is 0 Å². The highest BCUT2D eigenvalue weighted by atomic mass is 14.3. The molecule has 4 rings (SSSR count). The Morgan fingerprint density at radius 3 is 2.59 bits per heavy atom. The van der Waals surface area contributed by atoms with E-state index >= 15 is 0 Å². The molecule has 0 amide bonds. The van der Waals surface area contributed by atoms with Crippen molar-refractivity contribution in [2.75, 3.05) is 0 Å². The third-order valence-corrected chi connectivity index (χ3v) is 6.56. The van der Waals surface area contributed by atoms with Gasteiger partial charge in [0.05, 0.1) is 0 Å². The van der Waals surface area contributed by atoms with Crippen LogP contribution in [-0.4, -0.2) is 0 Å². The van der Waals surface area contributed by atoms with Gasteiger partial charge in [0.2, 0.25) is 0 Å². The highest BCUT2D eigenvalue weighted by Crippen LogP contribution is 2.43. The van der Waals surface area contributed by atoms with E-state index in [2.05, 4.69) is 88.1 Å². The number of hydrogen-bond acceptors (Lipinski definition) is 0. The summed E-state index contributed by atoms with van der Waals surface area (Å²) in [4.78, 5) is 0. The van der Waals surface area contributed by atoms with Crippen molar-refractivity contribution in [3.63, 3.8) is 0 Å². The van der Waals surface area contributed by atoms with E-state index in [0.717, 1.165) is 32.1 Å². The van der Waals surface area contributed by atoms with Crippen molar-refractivity contribution >= 4 is 0 Å². The summed E-state index contributed by atoms with van der Waals surface area (Å²) in [5, 5.41) is 0. The quantitative estimate of drug-likeness (QED) is 0.420. The molecule has 0 N–H and O–H groups in total. The lowest BCUT2D eigenvalue weighted by Gasteiger charge is -2.18. The highest BCUT2D eigenvalue weighted by molar-refractivity contribution is 5.60. The van der Waals surface area contributed by atoms with Gasteiger partial charge in [-0.1, -0.05) is 90.9 Å². The zero-order chi connectivity index (χ0) is 20.4. The number of rotatable bonds is 7. The van der Waals surface area contributed by atoms with Gasteiger partial charge in [0.1, 0.15) is 0 Å². The first-order valence-corrected chi connectivity index (χ1v) is 10.9. The zero-order valence-electron chi connectivity index (χ0n) is 18.1. The Kier molecular flexibility index (Phi) is 5.72. The largest absolute Gasteiger partial charge is 0.0995 e. The number of allylic oxidation sites excluding steroid dienone is 13. The Bertz CT molecular complexity index is 999. The normalized spacial score (nSPS) is 21.1. The Morgan fingerprint density at radius 1 is 1.07 bits per heavy atom. The van der Waals surface area contributed by atoms with E-state index in [9.17, 15) is 0 Å². The lowest BCUT2D eigenvalue weighted by Crippen LogP contribution is -2.03. The van der Waals surface area contributed by atoms with Crippen LogP contribution < -0.4 is 0 Å². The predicted molar refractivity (Wildman–Crippen MR) is 126 cm³/mol. The Morgan fingerprint density at radius 2 is 1.86 bits per heavy atom. The Labute approximate surface area is 176 Å². The molecule has 0 saturated heterocycles. The topological polar surface area (TPSA) is 0 Å². The van der Waals surface area contributed by atoms with Crippen LogP contribution in [0.15, 0.2) is 112 Å². The van der Waals surface area contributed by atoms with Crippen LogP contribution >= 0.6 is 0 Å². The van der Waals surface area contributed by atoms with Crippen LogP contribution in [0.4, 0.5) is 0 Å². The summed E-state index contributed by atoms with van der Waals surface area (Å²) in [6.07, 6.45) is 17.3. The van der Waals surface area contributed by atoms with E-state index < -0.39 is 0 Å². The van der Waals surface area contributed by atoms with Gasteiger partial charge in [-0.15, -0.1) is 0 Å². The summed E-state index contributed by atoms with van der Waals surface area (Å²) >= 11 is 0. The lowest BCUT2D eigenvalue weighted by atomic mass is 9.86. The fourth-order valence-electron chi connectivity index (χ4n) is 4.76. The summed E-state index contributed by atoms with van der Waals surface area (Å²) in [6, 6.07) is 10.7. The molecule has 1 aromatic rings. The van der Waals surface area contributed by atoms with Gasteiger partial charge < -0.3 is 0 Å². The molecule has 0 heterocycles. The monoisotopic (exact) mass is 380 g/mol. The molecular weight excluding hydrogens is 348 g/mol. The second-order valence-corrected chi connectivity index (χ2v) is 8.86. The van der Waals surface area contributed by atoms with Gasteiger partial charge in [-0.05, 0) is 79.4 Å². The summed E-state index contributed by atoms with van der Waals surface area (Å²) < 4.78 is 0. The van der Waals surface area contributed by atoms with Gasteiger partial charge >= 0.3 is 0 Å². The minimum Gasteiger partial charge on any atom is -0.0995 e. The summed E-state index contributed by atoms with van der Waals surface area (Å²) in [7, 11) is 0. The van der Waals surface area contributed by atoms with Gasteiger partial charge in [0.15, 0.2) is 0 Å². The molecule has 0 fully saturated rings. The van der Waals surface area contributed by atoms with Crippen LogP contribution in [0.1, 0.15) is 52.0 Å². The lowest BCUT2D eigenvalue weighted by molar-refractivity contribution is 0.744. The molecule has 29 heavy (non-hydrogen) atoms. The van der Waals surface area contributed by atoms with E-state index in [-0.39, 0.29) is 0 Å². The summed E-state index contributed by atoms with van der Waals surface area (Å²) in [5.41, 5.74) is 13.2. The maximum absolute atomic E-state index is 4.33. The van der Waals surface area contributed by atoms with Gasteiger partial charge in [-0.25, -0.2) is 0 Å². The van der Waals surface area contributed by atoms with E-state index in [0.29, 0.717) is 5.92 Å². The van der Waals surface area contributed by atoms with E-state index in [1.807, 2.05) is 0 Å². The van der Waals surface area contributed by atoms with Gasteiger partial charge in [0, 0.05) is 5.92 Å². The first kappa shape index (κ1) is 19.7. The zero-order valence-corrected chi connectivity index (χ0v) is 18.1. The Balaban J connectivity index is 1.32. The molecule has 3 aliphatic rings. The summed E-state index contributed by atoms with van der Waals surface area (Å²) in [5.74, 6) is 0.520. The SMILES string of the molecule is C=C(CCC1=CC=C(C2=C(C)C=C(C3=CCC(C)=C3)C2)C1C)Cc1ccccc1. The highest BCUT2D eigenvalue weighted by Gasteiger charge is 2.26. The molecule has 0 bridgehead atoms. The van der Waals surface area contributed by atoms with Crippen molar-refractivity contribution < 1.29 is 0 Å². The van der Waals surface area contributed by atoms with Crippen molar-refractivity contribution in [3.05, 3.63) is 117 Å². The fourth-order valence-corrected chi connectivity index (χ4v) is 4.76. The number of benzene rings is 1. The third-order valence-electron chi connectivity index (χ3n) is 6.56. The number of hydrogen-bond donors (Lipinski definition) is 0. The van der Waals surface area contributed by atoms with Crippen LogP contribution in [-0.2, 0) is 6.42 Å². The average molecular weight is 381 g/mol. The second kappa shape index (κ2) is 8.41. The smallest absolute Gasteiger partial charge is 0.00259 e. The molecule has 0 saturated carbocycles. The molecule has 0 spiro atoms. The molecule has 1 atom stereocenters. The van der Waals surface area contributed by atoms with Crippen LogP contribution in [0.3, 0.4) is 0 Å². The predicted octanol–water partition coefficient (Wildman–Crippen LogP) is 7.99. The van der Waals surface area contributed by atoms with Crippen LogP contribution in [0, 0.1) is 5.92 Å².